The third-order valence-electron chi connectivity index (χ3n) is 1.31. The van der Waals surface area contributed by atoms with Gasteiger partial charge in [-0.25, -0.2) is 0 Å². The van der Waals surface area contributed by atoms with Crippen molar-refractivity contribution < 1.29 is 5.21 Å². The summed E-state index contributed by atoms with van der Waals surface area (Å²) in [6, 6.07) is 0. The van der Waals surface area contributed by atoms with Gasteiger partial charge < -0.3 is 0 Å². The zero-order valence-corrected chi connectivity index (χ0v) is 7.79. The highest BCUT2D eigenvalue weighted by molar-refractivity contribution is 6.37. The van der Waals surface area contributed by atoms with Crippen LogP contribution in [-0.2, 0) is 0 Å². The summed E-state index contributed by atoms with van der Waals surface area (Å²) >= 11 is 17.0. The van der Waals surface area contributed by atoms with Crippen LogP contribution in [0.1, 0.15) is 0 Å². The van der Waals surface area contributed by atoms with E-state index in [1.807, 2.05) is 0 Å². The van der Waals surface area contributed by atoms with E-state index in [4.69, 9.17) is 40.0 Å². The number of allylic oxidation sites excluding steroid dienone is 2. The normalized spacial score (nSPS) is 18.9. The lowest BCUT2D eigenvalue weighted by molar-refractivity contribution is -0.0319. The summed E-state index contributed by atoms with van der Waals surface area (Å²) in [6.45, 7) is 0.250. The van der Waals surface area contributed by atoms with Crippen LogP contribution in [0.3, 0.4) is 0 Å². The molecule has 0 aromatic rings. The number of alkyl halides is 1. The summed E-state index contributed by atoms with van der Waals surface area (Å²) in [7, 11) is 0. The molecule has 1 rings (SSSR count). The van der Waals surface area contributed by atoms with Crippen molar-refractivity contribution in [1.82, 2.24) is 5.06 Å². The highest BCUT2D eigenvalue weighted by atomic mass is 35.5. The van der Waals surface area contributed by atoms with Crippen LogP contribution in [0.15, 0.2) is 21.8 Å². The second kappa shape index (κ2) is 3.68. The summed E-state index contributed by atoms with van der Waals surface area (Å²) in [5, 5.41) is 10.8. The van der Waals surface area contributed by atoms with E-state index in [-0.39, 0.29) is 12.4 Å². The van der Waals surface area contributed by atoms with E-state index in [0.717, 1.165) is 5.06 Å². The minimum atomic E-state index is 0.250. The molecule has 11 heavy (non-hydrogen) atoms. The van der Waals surface area contributed by atoms with Gasteiger partial charge in [0.15, 0.2) is 0 Å². The predicted octanol–water partition coefficient (Wildman–Crippen LogP) is 2.50. The van der Waals surface area contributed by atoms with Gasteiger partial charge in [0.2, 0.25) is 0 Å². The third kappa shape index (κ3) is 2.03. The van der Waals surface area contributed by atoms with Gasteiger partial charge in [0.25, 0.3) is 0 Å². The number of hydrogen-bond acceptors (Lipinski definition) is 2. The Kier molecular flexibility index (Phi) is 3.07. The maximum atomic E-state index is 8.97. The minimum absolute atomic E-state index is 0.250. The summed E-state index contributed by atoms with van der Waals surface area (Å²) in [6.07, 6.45) is 1.38. The van der Waals surface area contributed by atoms with Crippen molar-refractivity contribution in [2.45, 2.75) is 0 Å². The van der Waals surface area contributed by atoms with Crippen LogP contribution >= 0.6 is 34.8 Å². The summed E-state index contributed by atoms with van der Waals surface area (Å²) in [5.41, 5.74) is 0.681. The first kappa shape index (κ1) is 9.20. The third-order valence-corrected chi connectivity index (χ3v) is 2.25. The molecule has 0 aromatic carbocycles. The van der Waals surface area contributed by atoms with Crippen molar-refractivity contribution in [3.05, 3.63) is 21.8 Å². The standard InChI is InChI=1S/C6H6Cl3NO/c7-1-4-5(8)2-10(11)3-6(4)9/h2,11H,1,3H2. The van der Waals surface area contributed by atoms with E-state index >= 15 is 0 Å². The number of nitrogens with zero attached hydrogens (tertiary/aromatic N) is 1. The van der Waals surface area contributed by atoms with E-state index in [0.29, 0.717) is 15.6 Å². The van der Waals surface area contributed by atoms with Crippen molar-refractivity contribution >= 4 is 34.8 Å². The van der Waals surface area contributed by atoms with Crippen LogP contribution in [0.25, 0.3) is 0 Å². The first-order valence-electron chi connectivity index (χ1n) is 2.92. The SMILES string of the molecule is ON1C=C(Cl)C(CCl)=C(Cl)C1. The van der Waals surface area contributed by atoms with Crippen molar-refractivity contribution in [1.29, 1.82) is 0 Å². The molecule has 1 aliphatic heterocycles. The van der Waals surface area contributed by atoms with Crippen LogP contribution in [0.2, 0.25) is 0 Å². The maximum absolute atomic E-state index is 8.97. The molecular weight excluding hydrogens is 208 g/mol. The number of hydroxylamine groups is 2. The minimum Gasteiger partial charge on any atom is -0.289 e. The predicted molar refractivity (Wildman–Crippen MR) is 46.0 cm³/mol. The Morgan fingerprint density at radius 2 is 2.18 bits per heavy atom. The van der Waals surface area contributed by atoms with Gasteiger partial charge in [-0.3, -0.25) is 10.3 Å². The van der Waals surface area contributed by atoms with Gasteiger partial charge in [0, 0.05) is 16.8 Å². The van der Waals surface area contributed by atoms with E-state index in [2.05, 4.69) is 0 Å². The van der Waals surface area contributed by atoms with Gasteiger partial charge in [0.1, 0.15) is 0 Å². The lowest BCUT2D eigenvalue weighted by Gasteiger charge is -2.19. The van der Waals surface area contributed by atoms with Crippen molar-refractivity contribution in [3.63, 3.8) is 0 Å². The largest absolute Gasteiger partial charge is 0.289 e. The smallest absolute Gasteiger partial charge is 0.0807 e. The van der Waals surface area contributed by atoms with E-state index in [1.54, 1.807) is 0 Å². The van der Waals surface area contributed by atoms with Crippen LogP contribution < -0.4 is 0 Å². The van der Waals surface area contributed by atoms with Gasteiger partial charge in [-0.2, -0.15) is 0 Å². The molecule has 0 aromatic heterocycles. The van der Waals surface area contributed by atoms with Crippen LogP contribution in [0.4, 0.5) is 0 Å². The average Bonchev–Trinajstić information content (AvgIpc) is 1.85. The number of rotatable bonds is 1. The monoisotopic (exact) mass is 213 g/mol. The summed E-state index contributed by atoms with van der Waals surface area (Å²) < 4.78 is 0. The van der Waals surface area contributed by atoms with Gasteiger partial charge >= 0.3 is 0 Å². The Bertz CT molecular complexity index is 224. The molecule has 0 saturated heterocycles. The Morgan fingerprint density at radius 3 is 2.64 bits per heavy atom. The Morgan fingerprint density at radius 1 is 1.55 bits per heavy atom. The zero-order chi connectivity index (χ0) is 8.43. The van der Waals surface area contributed by atoms with E-state index in [9.17, 15) is 0 Å². The molecule has 0 bridgehead atoms. The molecule has 0 radical (unpaired) electrons. The Labute approximate surface area is 79.6 Å². The Balaban J connectivity index is 2.90. The topological polar surface area (TPSA) is 23.5 Å². The molecule has 0 fully saturated rings. The number of halogens is 3. The molecule has 62 valence electrons. The van der Waals surface area contributed by atoms with Gasteiger partial charge in [-0.1, -0.05) is 23.2 Å². The Hall–Kier alpha value is 0.110. The molecule has 5 heteroatoms. The summed E-state index contributed by atoms with van der Waals surface area (Å²) in [4.78, 5) is 0. The fourth-order valence-corrected chi connectivity index (χ4v) is 1.83. The van der Waals surface area contributed by atoms with Gasteiger partial charge in [-0.05, 0) is 0 Å². The molecule has 0 spiro atoms. The second-order valence-corrected chi connectivity index (χ2v) is 3.22. The molecule has 1 N–H and O–H groups in total. The number of hydrogen-bond donors (Lipinski definition) is 1. The first-order valence-corrected chi connectivity index (χ1v) is 4.21. The fraction of sp³-hybridized carbons (Fsp3) is 0.333. The highest BCUT2D eigenvalue weighted by Gasteiger charge is 2.15. The maximum Gasteiger partial charge on any atom is 0.0807 e. The van der Waals surface area contributed by atoms with Crippen LogP contribution in [0.5, 0.6) is 0 Å². The van der Waals surface area contributed by atoms with Gasteiger partial charge in [0.05, 0.1) is 17.5 Å². The molecular formula is C6H6Cl3NO. The van der Waals surface area contributed by atoms with Crippen LogP contribution in [0, 0.1) is 0 Å². The van der Waals surface area contributed by atoms with E-state index in [1.165, 1.54) is 6.20 Å². The van der Waals surface area contributed by atoms with Crippen LogP contribution in [-0.4, -0.2) is 22.7 Å². The van der Waals surface area contributed by atoms with E-state index < -0.39 is 0 Å². The molecule has 0 saturated carbocycles. The molecule has 0 atom stereocenters. The van der Waals surface area contributed by atoms with Crippen molar-refractivity contribution in [2.75, 3.05) is 12.4 Å². The molecule has 0 unspecified atom stereocenters. The molecule has 2 nitrogen and oxygen atoms in total. The highest BCUT2D eigenvalue weighted by Crippen LogP contribution is 2.27. The first-order chi connectivity index (χ1) is 5.15. The van der Waals surface area contributed by atoms with Crippen molar-refractivity contribution in [2.24, 2.45) is 0 Å². The fourth-order valence-electron chi connectivity index (χ4n) is 0.758. The second-order valence-electron chi connectivity index (χ2n) is 2.09. The molecule has 1 heterocycles. The quantitative estimate of drug-likeness (QED) is 0.678. The molecule has 0 amide bonds. The zero-order valence-electron chi connectivity index (χ0n) is 5.52. The average molecular weight is 214 g/mol. The molecule has 1 aliphatic rings. The lowest BCUT2D eigenvalue weighted by atomic mass is 10.2. The van der Waals surface area contributed by atoms with Crippen molar-refractivity contribution in [3.8, 4) is 0 Å². The molecule has 0 aliphatic carbocycles. The summed E-state index contributed by atoms with van der Waals surface area (Å²) in [5.74, 6) is 0.266. The lowest BCUT2D eigenvalue weighted by Crippen LogP contribution is -2.19. The van der Waals surface area contributed by atoms with Gasteiger partial charge in [-0.15, -0.1) is 11.6 Å².